The van der Waals surface area contributed by atoms with Gasteiger partial charge in [0.15, 0.2) is 16.9 Å². The molecule has 0 radical (unpaired) electrons. The Hall–Kier alpha value is -3.32. The number of fused-ring (bicyclic) bond motifs is 2. The van der Waals surface area contributed by atoms with Crippen molar-refractivity contribution in [3.8, 4) is 11.5 Å². The lowest BCUT2D eigenvalue weighted by Gasteiger charge is -2.25. The highest BCUT2D eigenvalue weighted by molar-refractivity contribution is 5.99. The number of nitrogens with zero attached hydrogens (tertiary/aromatic N) is 1. The van der Waals surface area contributed by atoms with Crippen LogP contribution in [0.3, 0.4) is 0 Å². The van der Waals surface area contributed by atoms with Gasteiger partial charge in [-0.3, -0.25) is 9.59 Å². The number of hydrogen-bond acceptors (Lipinski definition) is 6. The van der Waals surface area contributed by atoms with Crippen molar-refractivity contribution in [2.45, 2.75) is 33.7 Å². The van der Waals surface area contributed by atoms with Crippen LogP contribution < -0.4 is 14.9 Å². The van der Waals surface area contributed by atoms with Gasteiger partial charge in [-0.05, 0) is 62.6 Å². The summed E-state index contributed by atoms with van der Waals surface area (Å²) < 4.78 is 17.4. The number of rotatable bonds is 7. The Morgan fingerprint density at radius 1 is 1.03 bits per heavy atom. The first-order chi connectivity index (χ1) is 15.4. The molecule has 1 unspecified atom stereocenters. The van der Waals surface area contributed by atoms with Crippen LogP contribution in [0.5, 0.6) is 11.5 Å². The number of ether oxygens (including phenoxy) is 2. The first-order valence-electron chi connectivity index (χ1n) is 10.8. The number of aryl methyl sites for hydroxylation is 2. The molecule has 1 atom stereocenters. The summed E-state index contributed by atoms with van der Waals surface area (Å²) in [4.78, 5) is 28.4. The Bertz CT molecular complexity index is 1250. The molecular weight excluding hydrogens is 410 g/mol. The molecule has 0 saturated carbocycles. The zero-order chi connectivity index (χ0) is 23.0. The highest BCUT2D eigenvalue weighted by Gasteiger charge is 2.42. The maximum absolute atomic E-state index is 13.6. The fourth-order valence-electron chi connectivity index (χ4n) is 4.40. The molecule has 4 rings (SSSR count). The molecule has 1 aromatic heterocycles. The van der Waals surface area contributed by atoms with Gasteiger partial charge < -0.3 is 23.9 Å². The third kappa shape index (κ3) is 3.52. The average molecular weight is 437 g/mol. The third-order valence-corrected chi connectivity index (χ3v) is 5.62. The molecule has 0 fully saturated rings. The van der Waals surface area contributed by atoms with Crippen molar-refractivity contribution < 1.29 is 23.8 Å². The minimum absolute atomic E-state index is 0.0275. The summed E-state index contributed by atoms with van der Waals surface area (Å²) in [6, 6.07) is 8.39. The number of carbonyl (C=O) groups is 1. The van der Waals surface area contributed by atoms with Crippen molar-refractivity contribution in [3.63, 3.8) is 0 Å². The highest BCUT2D eigenvalue weighted by atomic mass is 16.5. The molecule has 1 aliphatic heterocycles. The molecule has 1 N–H and O–H groups in total. The Balaban J connectivity index is 1.97. The van der Waals surface area contributed by atoms with Gasteiger partial charge in [-0.2, -0.15) is 0 Å². The second-order valence-electron chi connectivity index (χ2n) is 7.83. The van der Waals surface area contributed by atoms with Crippen LogP contribution in [0, 0.1) is 13.8 Å². The van der Waals surface area contributed by atoms with Gasteiger partial charge >= 0.3 is 0 Å². The second-order valence-corrected chi connectivity index (χ2v) is 7.83. The number of β-amino-alcohol motifs (C(OH)–C–C–N with tert-alkyl or cyclic N) is 1. The molecule has 1 amide bonds. The van der Waals surface area contributed by atoms with E-state index < -0.39 is 11.9 Å². The monoisotopic (exact) mass is 437 g/mol. The Morgan fingerprint density at radius 3 is 2.44 bits per heavy atom. The molecule has 2 heterocycles. The van der Waals surface area contributed by atoms with Crippen LogP contribution in [0.2, 0.25) is 0 Å². The minimum atomic E-state index is -0.694. The van der Waals surface area contributed by atoms with E-state index >= 15 is 0 Å². The predicted octanol–water partition coefficient (Wildman–Crippen LogP) is 3.74. The topological polar surface area (TPSA) is 89.2 Å². The van der Waals surface area contributed by atoms with Crippen LogP contribution >= 0.6 is 0 Å². The van der Waals surface area contributed by atoms with E-state index in [-0.39, 0.29) is 29.9 Å². The summed E-state index contributed by atoms with van der Waals surface area (Å²) in [6.07, 6.45) is 0. The molecular formula is C25H27NO6. The number of aliphatic hydroxyl groups excluding tert-OH is 1. The lowest BCUT2D eigenvalue weighted by Crippen LogP contribution is -2.32. The number of hydrogen-bond donors (Lipinski definition) is 1. The van der Waals surface area contributed by atoms with Gasteiger partial charge in [0.25, 0.3) is 5.91 Å². The first-order valence-corrected chi connectivity index (χ1v) is 10.8. The van der Waals surface area contributed by atoms with Crippen LogP contribution in [0.1, 0.15) is 52.7 Å². The zero-order valence-electron chi connectivity index (χ0n) is 18.7. The fraction of sp³-hybridized carbons (Fsp3) is 0.360. The zero-order valence-corrected chi connectivity index (χ0v) is 18.7. The normalized spacial score (nSPS) is 15.3. The summed E-state index contributed by atoms with van der Waals surface area (Å²) in [6.45, 7) is 8.29. The van der Waals surface area contributed by atoms with E-state index in [4.69, 9.17) is 13.9 Å². The number of aliphatic hydroxyl groups is 1. The lowest BCUT2D eigenvalue weighted by atomic mass is 9.97. The average Bonchev–Trinajstić information content (AvgIpc) is 3.03. The Labute approximate surface area is 186 Å². The molecule has 7 nitrogen and oxygen atoms in total. The van der Waals surface area contributed by atoms with Crippen LogP contribution in [0.25, 0.3) is 11.0 Å². The molecule has 0 aliphatic carbocycles. The Morgan fingerprint density at radius 2 is 1.75 bits per heavy atom. The van der Waals surface area contributed by atoms with Crippen molar-refractivity contribution in [1.29, 1.82) is 0 Å². The van der Waals surface area contributed by atoms with E-state index in [1.165, 1.54) is 4.90 Å². The van der Waals surface area contributed by atoms with Crippen LogP contribution in [-0.4, -0.2) is 42.3 Å². The van der Waals surface area contributed by atoms with E-state index in [1.54, 1.807) is 18.2 Å². The summed E-state index contributed by atoms with van der Waals surface area (Å²) in [7, 11) is 0. The maximum atomic E-state index is 13.6. The highest BCUT2D eigenvalue weighted by Crippen LogP contribution is 2.41. The standard InChI is InChI=1S/C25H27NO6/c1-5-30-18-8-7-16(13-19(18)31-6-2)21-20-22(28)17-12-14(3)11-15(4)23(17)32-24(20)25(29)26(21)9-10-27/h7-8,11-13,21,27H,5-6,9-10H2,1-4H3. The summed E-state index contributed by atoms with van der Waals surface area (Å²) in [5.74, 6) is 0.742. The number of amides is 1. The van der Waals surface area contributed by atoms with Gasteiger partial charge in [0, 0.05) is 6.54 Å². The predicted molar refractivity (Wildman–Crippen MR) is 121 cm³/mol. The summed E-state index contributed by atoms with van der Waals surface area (Å²) in [5, 5.41) is 10.1. The SMILES string of the molecule is CCOc1ccc(C2c3c(oc4c(C)cc(C)cc4c3=O)C(=O)N2CCO)cc1OCC. The van der Waals surface area contributed by atoms with E-state index in [0.717, 1.165) is 11.1 Å². The molecule has 32 heavy (non-hydrogen) atoms. The van der Waals surface area contributed by atoms with Gasteiger partial charge in [-0.15, -0.1) is 0 Å². The van der Waals surface area contributed by atoms with E-state index in [2.05, 4.69) is 0 Å². The molecule has 1 aliphatic rings. The minimum Gasteiger partial charge on any atom is -0.490 e. The van der Waals surface area contributed by atoms with E-state index in [0.29, 0.717) is 41.2 Å². The summed E-state index contributed by atoms with van der Waals surface area (Å²) >= 11 is 0. The van der Waals surface area contributed by atoms with Crippen LogP contribution in [-0.2, 0) is 0 Å². The smallest absolute Gasteiger partial charge is 0.290 e. The van der Waals surface area contributed by atoms with Crippen molar-refractivity contribution in [2.75, 3.05) is 26.4 Å². The van der Waals surface area contributed by atoms with E-state index in [1.807, 2.05) is 39.8 Å². The van der Waals surface area contributed by atoms with Crippen molar-refractivity contribution >= 4 is 16.9 Å². The first kappa shape index (κ1) is 21.9. The third-order valence-electron chi connectivity index (χ3n) is 5.62. The van der Waals surface area contributed by atoms with Gasteiger partial charge in [-0.1, -0.05) is 12.1 Å². The van der Waals surface area contributed by atoms with E-state index in [9.17, 15) is 14.7 Å². The molecule has 2 aromatic carbocycles. The fourth-order valence-corrected chi connectivity index (χ4v) is 4.40. The van der Waals surface area contributed by atoms with Crippen molar-refractivity contribution in [3.05, 3.63) is 68.6 Å². The molecule has 0 bridgehead atoms. The second kappa shape index (κ2) is 8.67. The number of benzene rings is 2. The quantitative estimate of drug-likeness (QED) is 0.606. The van der Waals surface area contributed by atoms with Gasteiger partial charge in [-0.25, -0.2) is 0 Å². The molecule has 168 valence electrons. The lowest BCUT2D eigenvalue weighted by molar-refractivity contribution is 0.0691. The van der Waals surface area contributed by atoms with Gasteiger partial charge in [0.2, 0.25) is 5.76 Å². The summed E-state index contributed by atoms with van der Waals surface area (Å²) in [5.41, 5.74) is 2.89. The Kier molecular flexibility index (Phi) is 5.93. The van der Waals surface area contributed by atoms with Crippen molar-refractivity contribution in [1.82, 2.24) is 4.90 Å². The molecule has 7 heteroatoms. The number of carbonyl (C=O) groups excluding carboxylic acids is 1. The van der Waals surface area contributed by atoms with Gasteiger partial charge in [0.1, 0.15) is 5.58 Å². The van der Waals surface area contributed by atoms with Crippen molar-refractivity contribution in [2.24, 2.45) is 0 Å². The van der Waals surface area contributed by atoms with Gasteiger partial charge in [0.05, 0.1) is 36.8 Å². The maximum Gasteiger partial charge on any atom is 0.290 e. The largest absolute Gasteiger partial charge is 0.490 e. The molecule has 0 spiro atoms. The van der Waals surface area contributed by atoms with Crippen LogP contribution in [0.15, 0.2) is 39.5 Å². The molecule has 0 saturated heterocycles. The molecule has 3 aromatic rings. The van der Waals surface area contributed by atoms with Crippen LogP contribution in [0.4, 0.5) is 0 Å².